The Morgan fingerprint density at radius 3 is 2.25 bits per heavy atom. The molecule has 6 heteroatoms. The van der Waals surface area contributed by atoms with Crippen LogP contribution in [0.3, 0.4) is 0 Å². The van der Waals surface area contributed by atoms with Gasteiger partial charge in [-0.1, -0.05) is 29.8 Å². The molecule has 0 unspecified atom stereocenters. The number of hydrogen-bond donors (Lipinski definition) is 2. The molecule has 6 nitrogen and oxygen atoms in total. The first-order chi connectivity index (χ1) is 13.5. The second-order valence-corrected chi connectivity index (χ2v) is 7.32. The normalized spacial score (nSPS) is 16.1. The number of benzene rings is 2. The molecule has 2 aromatic rings. The fourth-order valence-electron chi connectivity index (χ4n) is 3.21. The molecule has 1 fully saturated rings. The molecule has 1 aliphatic rings. The van der Waals surface area contributed by atoms with Crippen molar-refractivity contribution in [2.75, 3.05) is 32.7 Å². The van der Waals surface area contributed by atoms with E-state index in [1.54, 1.807) is 24.3 Å². The van der Waals surface area contributed by atoms with Crippen LogP contribution in [0.25, 0.3) is 0 Å². The number of piperazine rings is 1. The van der Waals surface area contributed by atoms with Gasteiger partial charge in [0.05, 0.1) is 12.3 Å². The third-order valence-electron chi connectivity index (χ3n) is 4.99. The molecule has 0 atom stereocenters. The van der Waals surface area contributed by atoms with Crippen LogP contribution in [0.5, 0.6) is 5.75 Å². The SMILES string of the molecule is C/C(=N/NC(=O)CN1CCN(Cc2ccc(C)cc2)CC1)c1ccc(O)cc1. The number of hydrogen-bond acceptors (Lipinski definition) is 5. The molecule has 3 rings (SSSR count). The monoisotopic (exact) mass is 380 g/mol. The van der Waals surface area contributed by atoms with E-state index in [-0.39, 0.29) is 11.7 Å². The standard InChI is InChI=1S/C22H28N4O2/c1-17-3-5-19(6-4-17)15-25-11-13-26(14-12-25)16-22(28)24-23-18(2)20-7-9-21(27)10-8-20/h3-10,27H,11-16H2,1-2H3,(H,24,28)/b23-18-. The Balaban J connectivity index is 1.41. The summed E-state index contributed by atoms with van der Waals surface area (Å²) < 4.78 is 0. The number of carbonyl (C=O) groups is 1. The fraction of sp³-hybridized carbons (Fsp3) is 0.364. The minimum absolute atomic E-state index is 0.106. The summed E-state index contributed by atoms with van der Waals surface area (Å²) in [6.45, 7) is 8.90. The molecule has 0 bridgehead atoms. The average Bonchev–Trinajstić information content (AvgIpc) is 2.70. The van der Waals surface area contributed by atoms with E-state index in [0.29, 0.717) is 12.3 Å². The molecule has 2 N–H and O–H groups in total. The van der Waals surface area contributed by atoms with Crippen molar-refractivity contribution in [3.8, 4) is 5.75 Å². The minimum atomic E-state index is -0.106. The number of aromatic hydroxyl groups is 1. The van der Waals surface area contributed by atoms with Crippen LogP contribution in [0.2, 0.25) is 0 Å². The highest BCUT2D eigenvalue weighted by Crippen LogP contribution is 2.11. The van der Waals surface area contributed by atoms with E-state index in [1.807, 2.05) is 6.92 Å². The van der Waals surface area contributed by atoms with E-state index in [0.717, 1.165) is 38.3 Å². The van der Waals surface area contributed by atoms with Gasteiger partial charge in [0.25, 0.3) is 5.91 Å². The van der Waals surface area contributed by atoms with E-state index in [4.69, 9.17) is 0 Å². The summed E-state index contributed by atoms with van der Waals surface area (Å²) in [5, 5.41) is 13.5. The summed E-state index contributed by atoms with van der Waals surface area (Å²) in [7, 11) is 0. The number of nitrogens with one attached hydrogen (secondary N) is 1. The lowest BCUT2D eigenvalue weighted by atomic mass is 10.1. The second-order valence-electron chi connectivity index (χ2n) is 7.32. The van der Waals surface area contributed by atoms with Crippen LogP contribution >= 0.6 is 0 Å². The molecule has 28 heavy (non-hydrogen) atoms. The molecular weight excluding hydrogens is 352 g/mol. The second kappa shape index (κ2) is 9.48. The van der Waals surface area contributed by atoms with Gasteiger partial charge in [0.15, 0.2) is 0 Å². The Hall–Kier alpha value is -2.70. The quantitative estimate of drug-likeness (QED) is 0.596. The van der Waals surface area contributed by atoms with E-state index < -0.39 is 0 Å². The highest BCUT2D eigenvalue weighted by molar-refractivity contribution is 5.99. The number of carbonyl (C=O) groups excluding carboxylic acids is 1. The highest BCUT2D eigenvalue weighted by atomic mass is 16.3. The first-order valence-corrected chi connectivity index (χ1v) is 9.62. The van der Waals surface area contributed by atoms with Crippen molar-refractivity contribution >= 4 is 11.6 Å². The summed E-state index contributed by atoms with van der Waals surface area (Å²) in [5.41, 5.74) is 6.81. The zero-order valence-corrected chi connectivity index (χ0v) is 16.6. The first kappa shape index (κ1) is 20.0. The van der Waals surface area contributed by atoms with Crippen LogP contribution in [0.4, 0.5) is 0 Å². The molecule has 1 amide bonds. The number of amides is 1. The van der Waals surface area contributed by atoms with Gasteiger partial charge in [0.2, 0.25) is 0 Å². The van der Waals surface area contributed by atoms with Crippen molar-refractivity contribution < 1.29 is 9.90 Å². The zero-order chi connectivity index (χ0) is 19.9. The molecule has 1 saturated heterocycles. The van der Waals surface area contributed by atoms with Gasteiger partial charge in [0.1, 0.15) is 5.75 Å². The number of rotatable bonds is 6. The van der Waals surface area contributed by atoms with Crippen LogP contribution in [0.1, 0.15) is 23.6 Å². The molecule has 0 aromatic heterocycles. The third-order valence-corrected chi connectivity index (χ3v) is 4.99. The number of phenolic OH excluding ortho intramolecular Hbond substituents is 1. The number of hydrazone groups is 1. The Bertz CT molecular complexity index is 807. The lowest BCUT2D eigenvalue weighted by Crippen LogP contribution is -2.48. The van der Waals surface area contributed by atoms with Gasteiger partial charge < -0.3 is 5.11 Å². The molecule has 0 spiro atoms. The van der Waals surface area contributed by atoms with Crippen molar-refractivity contribution in [3.05, 3.63) is 65.2 Å². The largest absolute Gasteiger partial charge is 0.508 e. The van der Waals surface area contributed by atoms with Crippen molar-refractivity contribution in [1.82, 2.24) is 15.2 Å². The lowest BCUT2D eigenvalue weighted by Gasteiger charge is -2.34. The Labute approximate surface area is 166 Å². The number of phenols is 1. The number of nitrogens with zero attached hydrogens (tertiary/aromatic N) is 3. The predicted octanol–water partition coefficient (Wildman–Crippen LogP) is 2.36. The van der Waals surface area contributed by atoms with Gasteiger partial charge in [-0.25, -0.2) is 5.43 Å². The van der Waals surface area contributed by atoms with E-state index in [2.05, 4.69) is 51.5 Å². The Morgan fingerprint density at radius 2 is 1.61 bits per heavy atom. The molecule has 0 saturated carbocycles. The maximum atomic E-state index is 12.2. The van der Waals surface area contributed by atoms with Gasteiger partial charge in [0, 0.05) is 32.7 Å². The summed E-state index contributed by atoms with van der Waals surface area (Å²) in [6.07, 6.45) is 0. The molecule has 1 aliphatic heterocycles. The summed E-state index contributed by atoms with van der Waals surface area (Å²) in [6, 6.07) is 15.4. The van der Waals surface area contributed by atoms with Crippen LogP contribution in [-0.2, 0) is 11.3 Å². The minimum Gasteiger partial charge on any atom is -0.508 e. The van der Waals surface area contributed by atoms with Crippen molar-refractivity contribution in [3.63, 3.8) is 0 Å². The average molecular weight is 380 g/mol. The molecule has 0 radical (unpaired) electrons. The summed E-state index contributed by atoms with van der Waals surface area (Å²) in [4.78, 5) is 16.8. The maximum absolute atomic E-state index is 12.2. The molecular formula is C22H28N4O2. The highest BCUT2D eigenvalue weighted by Gasteiger charge is 2.19. The van der Waals surface area contributed by atoms with Crippen molar-refractivity contribution in [1.29, 1.82) is 0 Å². The van der Waals surface area contributed by atoms with Gasteiger partial charge >= 0.3 is 0 Å². The third kappa shape index (κ3) is 5.90. The fourth-order valence-corrected chi connectivity index (χ4v) is 3.21. The summed E-state index contributed by atoms with van der Waals surface area (Å²) >= 11 is 0. The molecule has 0 aliphatic carbocycles. The topological polar surface area (TPSA) is 68.2 Å². The van der Waals surface area contributed by atoms with Crippen LogP contribution in [-0.4, -0.2) is 59.2 Å². The van der Waals surface area contributed by atoms with Gasteiger partial charge in [-0.2, -0.15) is 5.10 Å². The zero-order valence-electron chi connectivity index (χ0n) is 16.6. The van der Waals surface area contributed by atoms with Crippen molar-refractivity contribution in [2.24, 2.45) is 5.10 Å². The van der Waals surface area contributed by atoms with E-state index in [1.165, 1.54) is 11.1 Å². The molecule has 2 aromatic carbocycles. The summed E-state index contributed by atoms with van der Waals surface area (Å²) in [5.74, 6) is 0.104. The van der Waals surface area contributed by atoms with E-state index >= 15 is 0 Å². The van der Waals surface area contributed by atoms with Gasteiger partial charge in [-0.05, 0) is 49.2 Å². The lowest BCUT2D eigenvalue weighted by molar-refractivity contribution is -0.122. The molecule has 148 valence electrons. The van der Waals surface area contributed by atoms with Crippen molar-refractivity contribution in [2.45, 2.75) is 20.4 Å². The van der Waals surface area contributed by atoms with Crippen LogP contribution in [0, 0.1) is 6.92 Å². The van der Waals surface area contributed by atoms with Gasteiger partial charge in [-0.3, -0.25) is 14.6 Å². The smallest absolute Gasteiger partial charge is 0.254 e. The van der Waals surface area contributed by atoms with Crippen LogP contribution in [0.15, 0.2) is 53.6 Å². The molecule has 1 heterocycles. The predicted molar refractivity (Wildman–Crippen MR) is 111 cm³/mol. The first-order valence-electron chi connectivity index (χ1n) is 9.62. The maximum Gasteiger partial charge on any atom is 0.254 e. The Kier molecular flexibility index (Phi) is 6.79. The van der Waals surface area contributed by atoms with E-state index in [9.17, 15) is 9.90 Å². The van der Waals surface area contributed by atoms with Gasteiger partial charge in [-0.15, -0.1) is 0 Å². The van der Waals surface area contributed by atoms with Crippen LogP contribution < -0.4 is 5.43 Å². The number of aryl methyl sites for hydroxylation is 1. The Morgan fingerprint density at radius 1 is 1.00 bits per heavy atom.